The van der Waals surface area contributed by atoms with E-state index in [1.165, 1.54) is 5.56 Å². The molecule has 3 fully saturated rings. The van der Waals surface area contributed by atoms with Crippen molar-refractivity contribution in [1.82, 2.24) is 14.4 Å². The van der Waals surface area contributed by atoms with E-state index < -0.39 is 6.10 Å². The van der Waals surface area contributed by atoms with Gasteiger partial charge in [-0.05, 0) is 29.5 Å². The number of hydrogen-bond donors (Lipinski definition) is 1. The molecule has 1 saturated carbocycles. The number of benzene rings is 1. The molecule has 154 valence electrons. The molecule has 0 radical (unpaired) electrons. The highest BCUT2D eigenvalue weighted by Gasteiger charge is 2.71. The maximum Gasteiger partial charge on any atom is 0.270 e. The number of morpholine rings is 1. The molecule has 3 aliphatic rings. The Balaban J connectivity index is 1.41. The Hall–Kier alpha value is -2.15. The molecule has 6 heteroatoms. The zero-order valence-electron chi connectivity index (χ0n) is 16.9. The first-order chi connectivity index (χ1) is 14.1. The van der Waals surface area contributed by atoms with E-state index in [2.05, 4.69) is 29.2 Å². The molecule has 1 aromatic heterocycles. The summed E-state index contributed by atoms with van der Waals surface area (Å²) in [6, 6.07) is 14.3. The number of β-amino-alcohol motifs (C(OH)–C–C–N with tert-alkyl or cyclic N) is 1. The van der Waals surface area contributed by atoms with Gasteiger partial charge in [0.15, 0.2) is 0 Å². The quantitative estimate of drug-likeness (QED) is 0.854. The molecule has 4 atom stereocenters. The molecule has 0 bridgehead atoms. The van der Waals surface area contributed by atoms with Crippen molar-refractivity contribution in [2.45, 2.75) is 12.0 Å². The van der Waals surface area contributed by atoms with Gasteiger partial charge in [0.25, 0.3) is 5.91 Å². The Kier molecular flexibility index (Phi) is 4.73. The highest BCUT2D eigenvalue weighted by molar-refractivity contribution is 5.93. The van der Waals surface area contributed by atoms with E-state index >= 15 is 0 Å². The molecule has 1 N–H and O–H groups in total. The fourth-order valence-electron chi connectivity index (χ4n) is 5.63. The van der Waals surface area contributed by atoms with Crippen LogP contribution in [0.25, 0.3) is 0 Å². The lowest BCUT2D eigenvalue weighted by Gasteiger charge is -2.27. The van der Waals surface area contributed by atoms with Crippen LogP contribution in [-0.4, -0.2) is 77.4 Å². The Labute approximate surface area is 171 Å². The predicted molar refractivity (Wildman–Crippen MR) is 110 cm³/mol. The van der Waals surface area contributed by atoms with E-state index in [1.807, 2.05) is 40.9 Å². The van der Waals surface area contributed by atoms with Crippen LogP contribution in [0.4, 0.5) is 0 Å². The summed E-state index contributed by atoms with van der Waals surface area (Å²) in [5.41, 5.74) is 1.70. The minimum atomic E-state index is -0.497. The van der Waals surface area contributed by atoms with Gasteiger partial charge in [0, 0.05) is 51.4 Å². The number of aliphatic hydroxyl groups excluding tert-OH is 1. The van der Waals surface area contributed by atoms with E-state index in [-0.39, 0.29) is 17.2 Å². The molecule has 1 aromatic carbocycles. The number of hydrogen-bond acceptors (Lipinski definition) is 4. The van der Waals surface area contributed by atoms with Gasteiger partial charge in [-0.2, -0.15) is 0 Å². The molecule has 2 aromatic rings. The fourth-order valence-corrected chi connectivity index (χ4v) is 5.63. The average molecular weight is 396 g/mol. The molecule has 2 aliphatic heterocycles. The summed E-state index contributed by atoms with van der Waals surface area (Å²) in [7, 11) is 1.89. The van der Waals surface area contributed by atoms with Crippen molar-refractivity contribution in [3.8, 4) is 0 Å². The monoisotopic (exact) mass is 395 g/mol. The number of aliphatic hydroxyl groups is 1. The SMILES string of the molecule is Cn1cccc1C(=O)N1C[C@H](O)[C@@]2(C1)[C@H](CN1CCOCC1)[C@H]2c1ccccc1. The lowest BCUT2D eigenvalue weighted by atomic mass is 9.95. The third-order valence-electron chi connectivity index (χ3n) is 7.21. The molecular formula is C23H29N3O3. The first-order valence-electron chi connectivity index (χ1n) is 10.5. The topological polar surface area (TPSA) is 57.9 Å². The number of carbonyl (C=O) groups is 1. The first kappa shape index (κ1) is 18.9. The van der Waals surface area contributed by atoms with Crippen LogP contribution in [0, 0.1) is 11.3 Å². The van der Waals surface area contributed by atoms with Crippen molar-refractivity contribution >= 4 is 5.91 Å². The number of aromatic nitrogens is 1. The van der Waals surface area contributed by atoms with Crippen LogP contribution in [-0.2, 0) is 11.8 Å². The standard InChI is InChI=1S/C23H29N3O3/c1-24-9-5-8-19(24)22(28)26-15-20(27)23(16-26)18(14-25-10-12-29-13-11-25)21(23)17-6-3-2-4-7-17/h2-9,18,20-21,27H,10-16H2,1H3/t18-,20+,21-,23-/m1/s1. The Bertz CT molecular complexity index is 877. The van der Waals surface area contributed by atoms with Crippen LogP contribution >= 0.6 is 0 Å². The van der Waals surface area contributed by atoms with Crippen LogP contribution in [0.15, 0.2) is 48.7 Å². The van der Waals surface area contributed by atoms with Crippen LogP contribution in [0.5, 0.6) is 0 Å². The van der Waals surface area contributed by atoms with Crippen molar-refractivity contribution in [3.63, 3.8) is 0 Å². The van der Waals surface area contributed by atoms with Gasteiger partial charge in [0.2, 0.25) is 0 Å². The number of amides is 1. The molecular weight excluding hydrogens is 366 g/mol. The Morgan fingerprint density at radius 1 is 1.17 bits per heavy atom. The van der Waals surface area contributed by atoms with Crippen molar-refractivity contribution < 1.29 is 14.6 Å². The number of ether oxygens (including phenoxy) is 1. The maximum atomic E-state index is 13.1. The van der Waals surface area contributed by atoms with Gasteiger partial charge in [0.1, 0.15) is 5.69 Å². The van der Waals surface area contributed by atoms with Crippen molar-refractivity contribution in [1.29, 1.82) is 0 Å². The molecule has 3 heterocycles. The fraction of sp³-hybridized carbons (Fsp3) is 0.522. The smallest absolute Gasteiger partial charge is 0.270 e. The van der Waals surface area contributed by atoms with Gasteiger partial charge in [-0.15, -0.1) is 0 Å². The highest BCUT2D eigenvalue weighted by Crippen LogP contribution is 2.69. The van der Waals surface area contributed by atoms with Crippen molar-refractivity contribution in [2.75, 3.05) is 45.9 Å². The average Bonchev–Trinajstić information content (AvgIpc) is 2.99. The lowest BCUT2D eigenvalue weighted by molar-refractivity contribution is 0.0311. The second-order valence-corrected chi connectivity index (χ2v) is 8.73. The van der Waals surface area contributed by atoms with Crippen LogP contribution < -0.4 is 0 Å². The molecule has 2 saturated heterocycles. The molecule has 6 nitrogen and oxygen atoms in total. The third kappa shape index (κ3) is 3.10. The first-order valence-corrected chi connectivity index (χ1v) is 10.5. The third-order valence-corrected chi connectivity index (χ3v) is 7.21. The molecule has 29 heavy (non-hydrogen) atoms. The van der Waals surface area contributed by atoms with E-state index in [0.29, 0.717) is 24.7 Å². The summed E-state index contributed by atoms with van der Waals surface area (Å²) in [4.78, 5) is 17.4. The minimum Gasteiger partial charge on any atom is -0.391 e. The minimum absolute atomic E-state index is 0.0114. The number of carbonyl (C=O) groups excluding carboxylic acids is 1. The molecule has 1 spiro atoms. The van der Waals surface area contributed by atoms with Gasteiger partial charge < -0.3 is 19.3 Å². The van der Waals surface area contributed by atoms with E-state index in [4.69, 9.17) is 4.74 Å². The Morgan fingerprint density at radius 2 is 1.93 bits per heavy atom. The molecule has 1 amide bonds. The summed E-state index contributed by atoms with van der Waals surface area (Å²) in [6.07, 6.45) is 1.39. The summed E-state index contributed by atoms with van der Waals surface area (Å²) < 4.78 is 7.36. The maximum absolute atomic E-state index is 13.1. The normalized spacial score (nSPS) is 32.1. The summed E-state index contributed by atoms with van der Waals surface area (Å²) in [5, 5.41) is 11.2. The van der Waals surface area contributed by atoms with Gasteiger partial charge in [-0.3, -0.25) is 9.69 Å². The van der Waals surface area contributed by atoms with Gasteiger partial charge in [0.05, 0.1) is 19.3 Å². The van der Waals surface area contributed by atoms with Gasteiger partial charge in [-0.1, -0.05) is 30.3 Å². The highest BCUT2D eigenvalue weighted by atomic mass is 16.5. The van der Waals surface area contributed by atoms with Crippen LogP contribution in [0.1, 0.15) is 22.0 Å². The van der Waals surface area contributed by atoms with Crippen molar-refractivity contribution in [2.24, 2.45) is 18.4 Å². The van der Waals surface area contributed by atoms with E-state index in [9.17, 15) is 9.90 Å². The second-order valence-electron chi connectivity index (χ2n) is 8.73. The Morgan fingerprint density at radius 3 is 2.62 bits per heavy atom. The van der Waals surface area contributed by atoms with E-state index in [1.54, 1.807) is 0 Å². The largest absolute Gasteiger partial charge is 0.391 e. The number of nitrogens with zero attached hydrogens (tertiary/aromatic N) is 3. The van der Waals surface area contributed by atoms with E-state index in [0.717, 1.165) is 32.8 Å². The van der Waals surface area contributed by atoms with Crippen LogP contribution in [0.3, 0.4) is 0 Å². The molecule has 0 unspecified atom stereocenters. The number of likely N-dealkylation sites (tertiary alicyclic amines) is 1. The lowest BCUT2D eigenvalue weighted by Crippen LogP contribution is -2.39. The number of aryl methyl sites for hydroxylation is 1. The number of rotatable bonds is 4. The van der Waals surface area contributed by atoms with Gasteiger partial charge in [-0.25, -0.2) is 0 Å². The zero-order chi connectivity index (χ0) is 20.0. The zero-order valence-corrected chi connectivity index (χ0v) is 16.9. The molecule has 5 rings (SSSR count). The summed E-state index contributed by atoms with van der Waals surface area (Å²) in [6.45, 7) is 5.41. The second kappa shape index (κ2) is 7.27. The van der Waals surface area contributed by atoms with Crippen LogP contribution in [0.2, 0.25) is 0 Å². The summed E-state index contributed by atoms with van der Waals surface area (Å²) >= 11 is 0. The predicted octanol–water partition coefficient (Wildman–Crippen LogP) is 1.57. The summed E-state index contributed by atoms with van der Waals surface area (Å²) in [5.74, 6) is 0.647. The molecule has 1 aliphatic carbocycles. The van der Waals surface area contributed by atoms with Crippen molar-refractivity contribution in [3.05, 3.63) is 59.9 Å². The van der Waals surface area contributed by atoms with Gasteiger partial charge >= 0.3 is 0 Å².